The number of nitrogens with one attached hydrogen (secondary N) is 1. The van der Waals surface area contributed by atoms with Crippen molar-refractivity contribution in [3.63, 3.8) is 0 Å². The summed E-state index contributed by atoms with van der Waals surface area (Å²) in [7, 11) is 0. The number of amides is 1. The smallest absolute Gasteiger partial charge is 0.224 e. The molecule has 4 heteroatoms. The first-order chi connectivity index (χ1) is 9.61. The van der Waals surface area contributed by atoms with Gasteiger partial charge in [0.2, 0.25) is 5.91 Å². The van der Waals surface area contributed by atoms with Crippen molar-refractivity contribution >= 4 is 17.3 Å². The molecule has 0 atom stereocenters. The van der Waals surface area contributed by atoms with Gasteiger partial charge < -0.3 is 15.8 Å². The van der Waals surface area contributed by atoms with E-state index >= 15 is 0 Å². The molecule has 0 unspecified atom stereocenters. The Labute approximate surface area is 117 Å². The van der Waals surface area contributed by atoms with Gasteiger partial charge in [0.25, 0.3) is 0 Å². The van der Waals surface area contributed by atoms with Gasteiger partial charge in [-0.2, -0.15) is 0 Å². The van der Waals surface area contributed by atoms with Crippen molar-refractivity contribution < 1.29 is 9.53 Å². The van der Waals surface area contributed by atoms with Crippen LogP contribution in [0.25, 0.3) is 0 Å². The Morgan fingerprint density at radius 2 is 1.90 bits per heavy atom. The van der Waals surface area contributed by atoms with Gasteiger partial charge in [-0.1, -0.05) is 17.7 Å². The van der Waals surface area contributed by atoms with Crippen LogP contribution in [0.3, 0.4) is 0 Å². The number of fused-ring (bicyclic) bond motifs is 1. The van der Waals surface area contributed by atoms with Gasteiger partial charge in [0.1, 0.15) is 5.75 Å². The van der Waals surface area contributed by atoms with Crippen LogP contribution in [0.2, 0.25) is 0 Å². The molecule has 3 rings (SSSR count). The molecular formula is C16H16N2O2. The molecule has 2 aromatic carbocycles. The van der Waals surface area contributed by atoms with Gasteiger partial charge in [-0.25, -0.2) is 0 Å². The molecule has 4 nitrogen and oxygen atoms in total. The van der Waals surface area contributed by atoms with Crippen LogP contribution in [-0.2, 0) is 11.2 Å². The second kappa shape index (κ2) is 4.89. The lowest BCUT2D eigenvalue weighted by atomic mass is 10.0. The number of carbonyl (C=O) groups is 1. The maximum absolute atomic E-state index is 11.4. The normalized spacial score (nSPS) is 13.6. The number of nitrogens with two attached hydrogens (primary N) is 1. The molecule has 102 valence electrons. The number of ether oxygens (including phenoxy) is 1. The van der Waals surface area contributed by atoms with Crippen LogP contribution in [0, 0.1) is 6.92 Å². The zero-order chi connectivity index (χ0) is 14.1. The topological polar surface area (TPSA) is 64.3 Å². The fourth-order valence-electron chi connectivity index (χ4n) is 2.25. The number of carbonyl (C=O) groups excluding carboxylic acids is 1. The molecule has 1 aliphatic heterocycles. The summed E-state index contributed by atoms with van der Waals surface area (Å²) in [4.78, 5) is 11.4. The highest BCUT2D eigenvalue weighted by molar-refractivity contribution is 5.94. The van der Waals surface area contributed by atoms with E-state index in [1.165, 1.54) is 5.56 Å². The summed E-state index contributed by atoms with van der Waals surface area (Å²) in [6.07, 6.45) is 1.22. The number of nitrogen functional groups attached to an aromatic ring is 1. The first kappa shape index (κ1) is 12.5. The Bertz CT molecular complexity index is 663. The molecule has 1 amide bonds. The maximum atomic E-state index is 11.4. The third-order valence-electron chi connectivity index (χ3n) is 3.38. The summed E-state index contributed by atoms with van der Waals surface area (Å²) in [5.41, 5.74) is 9.62. The van der Waals surface area contributed by atoms with E-state index in [4.69, 9.17) is 10.5 Å². The predicted octanol–water partition coefficient (Wildman–Crippen LogP) is 3.25. The molecule has 1 heterocycles. The Balaban J connectivity index is 1.91. The highest BCUT2D eigenvalue weighted by atomic mass is 16.5. The number of aryl methyl sites for hydroxylation is 2. The van der Waals surface area contributed by atoms with Gasteiger partial charge in [0, 0.05) is 18.2 Å². The monoisotopic (exact) mass is 268 g/mol. The van der Waals surface area contributed by atoms with Gasteiger partial charge in [-0.3, -0.25) is 4.79 Å². The standard InChI is InChI=1S/C16H16N2O2/c1-10-2-5-12(6-3-10)20-15-9-14-11(8-13(15)17)4-7-16(19)18-14/h2-3,5-6,8-9H,4,7,17H2,1H3,(H,18,19). The zero-order valence-corrected chi connectivity index (χ0v) is 11.3. The molecule has 1 aliphatic rings. The lowest BCUT2D eigenvalue weighted by Crippen LogP contribution is -2.19. The van der Waals surface area contributed by atoms with Crippen LogP contribution in [0.1, 0.15) is 17.5 Å². The molecule has 0 radical (unpaired) electrons. The van der Waals surface area contributed by atoms with Crippen molar-refractivity contribution in [2.24, 2.45) is 0 Å². The van der Waals surface area contributed by atoms with Crippen molar-refractivity contribution in [1.82, 2.24) is 0 Å². The van der Waals surface area contributed by atoms with Gasteiger partial charge in [-0.05, 0) is 37.1 Å². The number of hydrogen-bond donors (Lipinski definition) is 2. The number of anilines is 2. The van der Waals surface area contributed by atoms with E-state index in [1.807, 2.05) is 37.3 Å². The summed E-state index contributed by atoms with van der Waals surface area (Å²) < 4.78 is 5.79. The SMILES string of the molecule is Cc1ccc(Oc2cc3c(cc2N)CCC(=O)N3)cc1. The Morgan fingerprint density at radius 1 is 1.15 bits per heavy atom. The van der Waals surface area contributed by atoms with Crippen LogP contribution in [-0.4, -0.2) is 5.91 Å². The van der Waals surface area contributed by atoms with E-state index in [-0.39, 0.29) is 5.91 Å². The number of benzene rings is 2. The van der Waals surface area contributed by atoms with Crippen LogP contribution in [0.5, 0.6) is 11.5 Å². The third-order valence-corrected chi connectivity index (χ3v) is 3.38. The summed E-state index contributed by atoms with van der Waals surface area (Å²) in [5, 5.41) is 2.85. The molecule has 0 fully saturated rings. The summed E-state index contributed by atoms with van der Waals surface area (Å²) in [6, 6.07) is 11.4. The lowest BCUT2D eigenvalue weighted by molar-refractivity contribution is -0.116. The molecule has 0 saturated heterocycles. The van der Waals surface area contributed by atoms with Crippen LogP contribution in [0.4, 0.5) is 11.4 Å². The fraction of sp³-hybridized carbons (Fsp3) is 0.188. The maximum Gasteiger partial charge on any atom is 0.224 e. The minimum atomic E-state index is 0.0311. The first-order valence-corrected chi connectivity index (χ1v) is 6.58. The quantitative estimate of drug-likeness (QED) is 0.822. The van der Waals surface area contributed by atoms with Gasteiger partial charge >= 0.3 is 0 Å². The van der Waals surface area contributed by atoms with Gasteiger partial charge in [0.15, 0.2) is 5.75 Å². The molecule has 2 aromatic rings. The van der Waals surface area contributed by atoms with Crippen molar-refractivity contribution in [1.29, 1.82) is 0 Å². The Hall–Kier alpha value is -2.49. The largest absolute Gasteiger partial charge is 0.455 e. The Kier molecular flexibility index (Phi) is 3.06. The van der Waals surface area contributed by atoms with E-state index in [2.05, 4.69) is 5.32 Å². The van der Waals surface area contributed by atoms with Crippen molar-refractivity contribution in [2.45, 2.75) is 19.8 Å². The van der Waals surface area contributed by atoms with Crippen molar-refractivity contribution in [3.05, 3.63) is 47.5 Å². The highest BCUT2D eigenvalue weighted by Crippen LogP contribution is 2.35. The summed E-state index contributed by atoms with van der Waals surface area (Å²) in [6.45, 7) is 2.02. The highest BCUT2D eigenvalue weighted by Gasteiger charge is 2.17. The predicted molar refractivity (Wildman–Crippen MR) is 79.1 cm³/mol. The van der Waals surface area contributed by atoms with Gasteiger partial charge in [0.05, 0.1) is 5.69 Å². The average Bonchev–Trinajstić information content (AvgIpc) is 2.42. The summed E-state index contributed by atoms with van der Waals surface area (Å²) >= 11 is 0. The molecule has 20 heavy (non-hydrogen) atoms. The molecule has 0 saturated carbocycles. The van der Waals surface area contributed by atoms with Crippen LogP contribution in [0.15, 0.2) is 36.4 Å². The van der Waals surface area contributed by atoms with E-state index < -0.39 is 0 Å². The fourth-order valence-corrected chi connectivity index (χ4v) is 2.25. The number of hydrogen-bond acceptors (Lipinski definition) is 3. The second-order valence-corrected chi connectivity index (χ2v) is 5.01. The van der Waals surface area contributed by atoms with E-state index in [1.54, 1.807) is 6.07 Å². The van der Waals surface area contributed by atoms with Gasteiger partial charge in [-0.15, -0.1) is 0 Å². The van der Waals surface area contributed by atoms with Crippen LogP contribution < -0.4 is 15.8 Å². The first-order valence-electron chi connectivity index (χ1n) is 6.58. The van der Waals surface area contributed by atoms with Crippen molar-refractivity contribution in [2.75, 3.05) is 11.1 Å². The van der Waals surface area contributed by atoms with Crippen LogP contribution >= 0.6 is 0 Å². The molecule has 3 N–H and O–H groups in total. The second-order valence-electron chi connectivity index (χ2n) is 5.01. The number of rotatable bonds is 2. The lowest BCUT2D eigenvalue weighted by Gasteiger charge is -2.19. The zero-order valence-electron chi connectivity index (χ0n) is 11.3. The molecule has 0 aromatic heterocycles. The van der Waals surface area contributed by atoms with E-state index in [9.17, 15) is 4.79 Å². The molecule has 0 bridgehead atoms. The minimum Gasteiger partial charge on any atom is -0.455 e. The van der Waals surface area contributed by atoms with E-state index in [0.29, 0.717) is 17.9 Å². The average molecular weight is 268 g/mol. The molecular weight excluding hydrogens is 252 g/mol. The van der Waals surface area contributed by atoms with Crippen molar-refractivity contribution in [3.8, 4) is 11.5 Å². The molecule has 0 aliphatic carbocycles. The third kappa shape index (κ3) is 2.45. The van der Waals surface area contributed by atoms with E-state index in [0.717, 1.165) is 23.4 Å². The summed E-state index contributed by atoms with van der Waals surface area (Å²) in [5.74, 6) is 1.32. The molecule has 0 spiro atoms. The minimum absolute atomic E-state index is 0.0311. The Morgan fingerprint density at radius 3 is 2.65 bits per heavy atom.